The maximum atomic E-state index is 14.5. The summed E-state index contributed by atoms with van der Waals surface area (Å²) in [5.41, 5.74) is 0. The summed E-state index contributed by atoms with van der Waals surface area (Å²) in [6.45, 7) is 27.1. The minimum Gasteiger partial charge on any atom is -0.340 e. The van der Waals surface area contributed by atoms with Gasteiger partial charge in [-0.15, -0.1) is 0 Å². The van der Waals surface area contributed by atoms with Crippen LogP contribution in [0.5, 0.6) is 0 Å². The lowest BCUT2D eigenvalue weighted by molar-refractivity contribution is -0.132. The van der Waals surface area contributed by atoms with Gasteiger partial charge in [-0.05, 0) is 58.3 Å². The van der Waals surface area contributed by atoms with E-state index in [2.05, 4.69) is 59.1 Å². The molecule has 1 aliphatic heterocycles. The van der Waals surface area contributed by atoms with Crippen molar-refractivity contribution in [3.63, 3.8) is 0 Å². The SMILES string of the molecule is CCCCCCCCCCCCCN(CCCCCCCCCCCC)CCN1CCN(CCN(CCCCCCCCCCCC)C(=O)CN(CCCCCCCCCCCC)CCCCCCCCCCCC)CC1. The lowest BCUT2D eigenvalue weighted by atomic mass is 10.1. The van der Waals surface area contributed by atoms with Crippen LogP contribution < -0.4 is 0 Å². The van der Waals surface area contributed by atoms with Gasteiger partial charge in [-0.2, -0.15) is 0 Å². The molecule has 77 heavy (non-hydrogen) atoms. The maximum Gasteiger partial charge on any atom is 0.236 e. The van der Waals surface area contributed by atoms with Crippen LogP contribution in [0.1, 0.15) is 362 Å². The lowest BCUT2D eigenvalue weighted by Crippen LogP contribution is -2.51. The van der Waals surface area contributed by atoms with Gasteiger partial charge in [-0.25, -0.2) is 0 Å². The molecule has 0 unspecified atom stereocenters. The van der Waals surface area contributed by atoms with Crippen molar-refractivity contribution in [2.24, 2.45) is 0 Å². The van der Waals surface area contributed by atoms with E-state index in [0.29, 0.717) is 12.5 Å². The molecular weight excluding hydrogens is 939 g/mol. The normalized spacial score (nSPS) is 13.5. The molecule has 0 aromatic rings. The lowest BCUT2D eigenvalue weighted by Gasteiger charge is -2.37. The summed E-state index contributed by atoms with van der Waals surface area (Å²) < 4.78 is 0. The number of carbonyl (C=O) groups excluding carboxylic acids is 1. The van der Waals surface area contributed by atoms with Crippen molar-refractivity contribution in [1.29, 1.82) is 0 Å². The molecule has 0 radical (unpaired) electrons. The predicted molar refractivity (Wildman–Crippen MR) is 346 cm³/mol. The largest absolute Gasteiger partial charge is 0.340 e. The van der Waals surface area contributed by atoms with Crippen molar-refractivity contribution in [3.05, 3.63) is 0 Å². The highest BCUT2D eigenvalue weighted by Gasteiger charge is 2.22. The standard InChI is InChI=1S/C71H145N5O/c1-6-11-16-21-26-31-36-40-43-48-53-58-72(57-52-47-42-37-32-27-22-17-12-7-2)62-63-73-64-66-74(67-65-73)68-69-76(61-56-51-46-41-35-30-25-20-15-10-5)71(77)70-75(59-54-49-44-38-33-28-23-18-13-8-3)60-55-50-45-39-34-29-24-19-14-9-4/h6-70H2,1-5H3. The third kappa shape index (κ3) is 51.9. The molecule has 0 saturated carbocycles. The van der Waals surface area contributed by atoms with Crippen molar-refractivity contribution in [2.75, 3.05) is 91.6 Å². The van der Waals surface area contributed by atoms with Crippen molar-refractivity contribution in [3.8, 4) is 0 Å². The Morgan fingerprint density at radius 3 is 0.714 bits per heavy atom. The van der Waals surface area contributed by atoms with Crippen LogP contribution in [-0.2, 0) is 4.79 Å². The van der Waals surface area contributed by atoms with Crippen molar-refractivity contribution >= 4 is 5.91 Å². The molecule has 1 aliphatic rings. The summed E-state index contributed by atoms with van der Waals surface area (Å²) in [6.07, 6.45) is 70.9. The number of hydrogen-bond donors (Lipinski definition) is 0. The van der Waals surface area contributed by atoms with E-state index in [4.69, 9.17) is 0 Å². The fraction of sp³-hybridized carbons (Fsp3) is 0.986. The quantitative estimate of drug-likeness (QED) is 0.0567. The molecule has 0 spiro atoms. The van der Waals surface area contributed by atoms with Crippen LogP contribution >= 0.6 is 0 Å². The number of carbonyl (C=O) groups is 1. The number of nitrogens with zero attached hydrogens (tertiary/aromatic N) is 5. The Morgan fingerprint density at radius 1 is 0.247 bits per heavy atom. The summed E-state index contributed by atoms with van der Waals surface area (Å²) >= 11 is 0. The molecular formula is C71H145N5O. The first-order valence-electron chi connectivity index (χ1n) is 36.2. The molecule has 0 aromatic carbocycles. The minimum atomic E-state index is 0.416. The third-order valence-corrected chi connectivity index (χ3v) is 17.9. The Balaban J connectivity index is 2.78. The number of piperazine rings is 1. The van der Waals surface area contributed by atoms with Gasteiger partial charge in [-0.3, -0.25) is 19.5 Å². The molecule has 0 bridgehead atoms. The van der Waals surface area contributed by atoms with E-state index in [1.54, 1.807) is 0 Å². The van der Waals surface area contributed by atoms with Gasteiger partial charge in [0.15, 0.2) is 0 Å². The van der Waals surface area contributed by atoms with Gasteiger partial charge in [-0.1, -0.05) is 330 Å². The third-order valence-electron chi connectivity index (χ3n) is 17.9. The molecule has 460 valence electrons. The predicted octanol–water partition coefficient (Wildman–Crippen LogP) is 21.0. The molecule has 1 fully saturated rings. The zero-order chi connectivity index (χ0) is 55.4. The molecule has 1 heterocycles. The van der Waals surface area contributed by atoms with E-state index in [9.17, 15) is 4.79 Å². The average Bonchev–Trinajstić information content (AvgIpc) is 3.44. The van der Waals surface area contributed by atoms with E-state index in [-0.39, 0.29) is 0 Å². The first kappa shape index (κ1) is 74.3. The second-order valence-electron chi connectivity index (χ2n) is 25.4. The topological polar surface area (TPSA) is 33.3 Å². The Morgan fingerprint density at radius 2 is 0.455 bits per heavy atom. The first-order valence-corrected chi connectivity index (χ1v) is 36.2. The highest BCUT2D eigenvalue weighted by molar-refractivity contribution is 5.78. The van der Waals surface area contributed by atoms with E-state index >= 15 is 0 Å². The van der Waals surface area contributed by atoms with Gasteiger partial charge in [0.2, 0.25) is 5.91 Å². The van der Waals surface area contributed by atoms with Gasteiger partial charge in [0.25, 0.3) is 0 Å². The number of amides is 1. The summed E-state index contributed by atoms with van der Waals surface area (Å²) in [7, 11) is 0. The summed E-state index contributed by atoms with van der Waals surface area (Å²) in [6, 6.07) is 0. The monoisotopic (exact) mass is 1080 g/mol. The highest BCUT2D eigenvalue weighted by atomic mass is 16.2. The molecule has 0 N–H and O–H groups in total. The van der Waals surface area contributed by atoms with E-state index in [1.165, 1.54) is 367 Å². The van der Waals surface area contributed by atoms with Crippen molar-refractivity contribution < 1.29 is 4.79 Å². The van der Waals surface area contributed by atoms with Gasteiger partial charge >= 0.3 is 0 Å². The fourth-order valence-corrected chi connectivity index (χ4v) is 12.3. The molecule has 1 rings (SSSR count). The number of rotatable bonds is 64. The van der Waals surface area contributed by atoms with Crippen LogP contribution in [0.15, 0.2) is 0 Å². The van der Waals surface area contributed by atoms with Crippen LogP contribution in [0, 0.1) is 0 Å². The smallest absolute Gasteiger partial charge is 0.236 e. The van der Waals surface area contributed by atoms with Crippen LogP contribution in [0.2, 0.25) is 0 Å². The fourth-order valence-electron chi connectivity index (χ4n) is 12.3. The Bertz CT molecular complexity index is 1100. The molecule has 1 saturated heterocycles. The van der Waals surface area contributed by atoms with E-state index in [1.807, 2.05) is 0 Å². The second kappa shape index (κ2) is 61.4. The zero-order valence-electron chi connectivity index (χ0n) is 54.1. The van der Waals surface area contributed by atoms with Gasteiger partial charge in [0.1, 0.15) is 0 Å². The van der Waals surface area contributed by atoms with Crippen LogP contribution in [-0.4, -0.2) is 122 Å². The summed E-state index contributed by atoms with van der Waals surface area (Å²) in [5.74, 6) is 0.416. The van der Waals surface area contributed by atoms with E-state index in [0.717, 1.165) is 45.8 Å². The van der Waals surface area contributed by atoms with Gasteiger partial charge in [0.05, 0.1) is 6.54 Å². The minimum absolute atomic E-state index is 0.416. The van der Waals surface area contributed by atoms with E-state index < -0.39 is 0 Å². The number of hydrogen-bond acceptors (Lipinski definition) is 5. The first-order chi connectivity index (χ1) is 38.1. The summed E-state index contributed by atoms with van der Waals surface area (Å²) in [4.78, 5) is 27.8. The molecule has 1 amide bonds. The summed E-state index contributed by atoms with van der Waals surface area (Å²) in [5, 5.41) is 0. The van der Waals surface area contributed by atoms with Crippen molar-refractivity contribution in [1.82, 2.24) is 24.5 Å². The molecule has 0 aliphatic carbocycles. The number of unbranched alkanes of at least 4 members (excludes halogenated alkanes) is 46. The maximum absolute atomic E-state index is 14.5. The Hall–Kier alpha value is -0.690. The second-order valence-corrected chi connectivity index (χ2v) is 25.4. The molecule has 6 heteroatoms. The molecule has 0 aromatic heterocycles. The van der Waals surface area contributed by atoms with Crippen LogP contribution in [0.3, 0.4) is 0 Å². The average molecular weight is 1080 g/mol. The Kier molecular flexibility index (Phi) is 59.2. The van der Waals surface area contributed by atoms with Gasteiger partial charge in [0, 0.05) is 58.9 Å². The highest BCUT2D eigenvalue weighted by Crippen LogP contribution is 2.18. The zero-order valence-corrected chi connectivity index (χ0v) is 54.1. The van der Waals surface area contributed by atoms with Gasteiger partial charge < -0.3 is 9.80 Å². The van der Waals surface area contributed by atoms with Crippen molar-refractivity contribution in [2.45, 2.75) is 362 Å². The molecule has 0 atom stereocenters. The van der Waals surface area contributed by atoms with Crippen LogP contribution in [0.4, 0.5) is 0 Å². The van der Waals surface area contributed by atoms with Crippen LogP contribution in [0.25, 0.3) is 0 Å². The Labute approximate surface area is 486 Å². The molecule has 6 nitrogen and oxygen atoms in total.